The first-order valence-corrected chi connectivity index (χ1v) is 8.28. The number of benzene rings is 1. The molecule has 0 spiro atoms. The van der Waals surface area contributed by atoms with Crippen LogP contribution in [-0.4, -0.2) is 44.6 Å². The van der Waals surface area contributed by atoms with Crippen LogP contribution in [-0.2, 0) is 12.7 Å². The van der Waals surface area contributed by atoms with E-state index in [9.17, 15) is 17.6 Å². The van der Waals surface area contributed by atoms with E-state index in [4.69, 9.17) is 0 Å². The van der Waals surface area contributed by atoms with Crippen LogP contribution in [0.15, 0.2) is 23.2 Å². The van der Waals surface area contributed by atoms with Crippen molar-refractivity contribution in [1.82, 2.24) is 15.5 Å². The standard InChI is InChI=1S/C17H24F4N4/c1-22-16(23-10-12-5-7-25(2)8-6-12)24-11-13-3-4-14(18)9-15(13)17(19,20)21/h3-4,9,12H,5-8,10-11H2,1-2H3,(H2,22,23,24). The maximum Gasteiger partial charge on any atom is 0.416 e. The largest absolute Gasteiger partial charge is 0.416 e. The number of nitrogens with zero attached hydrogens (tertiary/aromatic N) is 2. The molecule has 2 rings (SSSR count). The summed E-state index contributed by atoms with van der Waals surface area (Å²) in [7, 11) is 3.66. The average molecular weight is 360 g/mol. The van der Waals surface area contributed by atoms with Gasteiger partial charge in [0.25, 0.3) is 0 Å². The molecule has 1 heterocycles. The van der Waals surface area contributed by atoms with Gasteiger partial charge in [-0.05, 0) is 56.6 Å². The maximum absolute atomic E-state index is 13.1. The summed E-state index contributed by atoms with van der Waals surface area (Å²) in [5.41, 5.74) is -0.984. The van der Waals surface area contributed by atoms with E-state index < -0.39 is 17.6 Å². The summed E-state index contributed by atoms with van der Waals surface area (Å²) in [5, 5.41) is 6.03. The van der Waals surface area contributed by atoms with E-state index >= 15 is 0 Å². The second kappa shape index (κ2) is 8.51. The predicted molar refractivity (Wildman–Crippen MR) is 89.8 cm³/mol. The zero-order valence-corrected chi connectivity index (χ0v) is 14.5. The highest BCUT2D eigenvalue weighted by molar-refractivity contribution is 5.79. The Hall–Kier alpha value is -1.83. The van der Waals surface area contributed by atoms with Crippen LogP contribution >= 0.6 is 0 Å². The Morgan fingerprint density at radius 1 is 1.24 bits per heavy atom. The molecule has 25 heavy (non-hydrogen) atoms. The fourth-order valence-corrected chi connectivity index (χ4v) is 2.87. The van der Waals surface area contributed by atoms with E-state index in [2.05, 4.69) is 27.6 Å². The summed E-state index contributed by atoms with van der Waals surface area (Å²) < 4.78 is 52.2. The topological polar surface area (TPSA) is 39.7 Å². The van der Waals surface area contributed by atoms with Crippen LogP contribution in [0.3, 0.4) is 0 Å². The van der Waals surface area contributed by atoms with Crippen molar-refractivity contribution >= 4 is 5.96 Å². The molecule has 4 nitrogen and oxygen atoms in total. The van der Waals surface area contributed by atoms with Gasteiger partial charge in [0.2, 0.25) is 0 Å². The monoisotopic (exact) mass is 360 g/mol. The second-order valence-corrected chi connectivity index (χ2v) is 6.35. The molecular weight excluding hydrogens is 336 g/mol. The highest BCUT2D eigenvalue weighted by Crippen LogP contribution is 2.32. The number of rotatable bonds is 4. The first-order chi connectivity index (χ1) is 11.8. The molecule has 0 aromatic heterocycles. The first kappa shape index (κ1) is 19.5. The number of aliphatic imine (C=N–C) groups is 1. The van der Waals surface area contributed by atoms with Gasteiger partial charge in [-0.2, -0.15) is 13.2 Å². The Balaban J connectivity index is 1.91. The summed E-state index contributed by atoms with van der Waals surface area (Å²) in [6.07, 6.45) is -2.43. The normalized spacial score (nSPS) is 17.6. The van der Waals surface area contributed by atoms with E-state index in [1.807, 2.05) is 0 Å². The quantitative estimate of drug-likeness (QED) is 0.493. The lowest BCUT2D eigenvalue weighted by molar-refractivity contribution is -0.138. The molecule has 0 atom stereocenters. The average Bonchev–Trinajstić information content (AvgIpc) is 2.56. The van der Waals surface area contributed by atoms with Gasteiger partial charge < -0.3 is 15.5 Å². The van der Waals surface area contributed by atoms with Crippen LogP contribution in [0.5, 0.6) is 0 Å². The van der Waals surface area contributed by atoms with Crippen molar-refractivity contribution < 1.29 is 17.6 Å². The molecule has 0 saturated carbocycles. The molecule has 0 radical (unpaired) electrons. The number of likely N-dealkylation sites (tertiary alicyclic amines) is 1. The van der Waals surface area contributed by atoms with Gasteiger partial charge in [-0.3, -0.25) is 4.99 Å². The number of guanidine groups is 1. The predicted octanol–water partition coefficient (Wildman–Crippen LogP) is 2.85. The van der Waals surface area contributed by atoms with E-state index in [1.165, 1.54) is 0 Å². The molecule has 0 unspecified atom stereocenters. The molecule has 8 heteroatoms. The van der Waals surface area contributed by atoms with Crippen molar-refractivity contribution in [2.45, 2.75) is 25.6 Å². The maximum atomic E-state index is 13.1. The zero-order chi connectivity index (χ0) is 18.4. The third kappa shape index (κ3) is 5.88. The molecule has 1 aliphatic heterocycles. The minimum atomic E-state index is -4.59. The fraction of sp³-hybridized carbons (Fsp3) is 0.588. The van der Waals surface area contributed by atoms with Gasteiger partial charge in [0.05, 0.1) is 5.56 Å². The Labute approximate surface area is 145 Å². The van der Waals surface area contributed by atoms with Crippen LogP contribution in [0.1, 0.15) is 24.0 Å². The lowest BCUT2D eigenvalue weighted by Gasteiger charge is -2.29. The second-order valence-electron chi connectivity index (χ2n) is 6.35. The molecule has 2 N–H and O–H groups in total. The summed E-state index contributed by atoms with van der Waals surface area (Å²) >= 11 is 0. The highest BCUT2D eigenvalue weighted by Gasteiger charge is 2.33. The third-order valence-electron chi connectivity index (χ3n) is 4.44. The van der Waals surface area contributed by atoms with Gasteiger partial charge in [-0.1, -0.05) is 6.07 Å². The number of alkyl halides is 3. The molecule has 1 aliphatic rings. The molecule has 1 aromatic carbocycles. The fourth-order valence-electron chi connectivity index (χ4n) is 2.87. The van der Waals surface area contributed by atoms with E-state index in [-0.39, 0.29) is 12.1 Å². The minimum Gasteiger partial charge on any atom is -0.356 e. The van der Waals surface area contributed by atoms with Crippen LogP contribution in [0.2, 0.25) is 0 Å². The number of hydrogen-bond acceptors (Lipinski definition) is 2. The first-order valence-electron chi connectivity index (χ1n) is 8.28. The summed E-state index contributed by atoms with van der Waals surface area (Å²) in [6.45, 7) is 2.73. The Kier molecular flexibility index (Phi) is 6.64. The molecule has 0 amide bonds. The molecule has 1 saturated heterocycles. The van der Waals surface area contributed by atoms with Gasteiger partial charge >= 0.3 is 6.18 Å². The van der Waals surface area contributed by atoms with E-state index in [0.717, 1.165) is 44.6 Å². The van der Waals surface area contributed by atoms with Crippen molar-refractivity contribution in [3.05, 3.63) is 35.1 Å². The van der Waals surface area contributed by atoms with Crippen molar-refractivity contribution in [3.8, 4) is 0 Å². The van der Waals surface area contributed by atoms with Gasteiger partial charge in [0.1, 0.15) is 5.82 Å². The summed E-state index contributed by atoms with van der Waals surface area (Å²) in [6, 6.07) is 2.70. The van der Waals surface area contributed by atoms with Crippen molar-refractivity contribution in [3.63, 3.8) is 0 Å². The van der Waals surface area contributed by atoms with Crippen molar-refractivity contribution in [1.29, 1.82) is 0 Å². The smallest absolute Gasteiger partial charge is 0.356 e. The lowest BCUT2D eigenvalue weighted by Crippen LogP contribution is -2.42. The van der Waals surface area contributed by atoms with Crippen LogP contribution in [0, 0.1) is 11.7 Å². The Morgan fingerprint density at radius 2 is 1.92 bits per heavy atom. The van der Waals surface area contributed by atoms with Gasteiger partial charge in [-0.25, -0.2) is 4.39 Å². The van der Waals surface area contributed by atoms with Gasteiger partial charge in [-0.15, -0.1) is 0 Å². The van der Waals surface area contributed by atoms with Gasteiger partial charge in [0, 0.05) is 20.1 Å². The van der Waals surface area contributed by atoms with Crippen molar-refractivity contribution in [2.75, 3.05) is 33.7 Å². The van der Waals surface area contributed by atoms with Crippen LogP contribution < -0.4 is 10.6 Å². The minimum absolute atomic E-state index is 0.0175. The SMILES string of the molecule is CN=C(NCc1ccc(F)cc1C(F)(F)F)NCC1CCN(C)CC1. The number of halogens is 4. The zero-order valence-electron chi connectivity index (χ0n) is 14.5. The van der Waals surface area contributed by atoms with Gasteiger partial charge in [0.15, 0.2) is 5.96 Å². The Morgan fingerprint density at radius 3 is 2.52 bits per heavy atom. The highest BCUT2D eigenvalue weighted by atomic mass is 19.4. The number of piperidine rings is 1. The lowest BCUT2D eigenvalue weighted by atomic mass is 9.97. The molecule has 0 bridgehead atoms. The van der Waals surface area contributed by atoms with Crippen molar-refractivity contribution in [2.24, 2.45) is 10.9 Å². The number of nitrogens with one attached hydrogen (secondary N) is 2. The Bertz CT molecular complexity index is 593. The third-order valence-corrected chi connectivity index (χ3v) is 4.44. The summed E-state index contributed by atoms with van der Waals surface area (Å²) in [4.78, 5) is 6.32. The van der Waals surface area contributed by atoms with Crippen LogP contribution in [0.4, 0.5) is 17.6 Å². The van der Waals surface area contributed by atoms with E-state index in [1.54, 1.807) is 7.05 Å². The number of hydrogen-bond donors (Lipinski definition) is 2. The molecule has 0 aliphatic carbocycles. The molecule has 140 valence electrons. The van der Waals surface area contributed by atoms with Crippen LogP contribution in [0.25, 0.3) is 0 Å². The molecule has 1 aromatic rings. The molecule has 1 fully saturated rings. The summed E-state index contributed by atoms with van der Waals surface area (Å²) in [5.74, 6) is 0.0588. The molecular formula is C17H24F4N4. The van der Waals surface area contributed by atoms with E-state index in [0.29, 0.717) is 17.9 Å².